The summed E-state index contributed by atoms with van der Waals surface area (Å²) in [6.45, 7) is 0.282. The van der Waals surface area contributed by atoms with Crippen molar-refractivity contribution in [2.45, 2.75) is 6.54 Å². The van der Waals surface area contributed by atoms with Crippen molar-refractivity contribution in [1.29, 1.82) is 0 Å². The molecular formula is C15H12N4O2S. The third-order valence-corrected chi connectivity index (χ3v) is 3.78. The fraction of sp³-hybridized carbons (Fsp3) is 0.0667. The molecule has 0 aliphatic carbocycles. The molecule has 6 nitrogen and oxygen atoms in total. The maximum atomic E-state index is 12.0. The van der Waals surface area contributed by atoms with Crippen molar-refractivity contribution in [2.75, 3.05) is 0 Å². The van der Waals surface area contributed by atoms with Crippen LogP contribution >= 0.6 is 11.3 Å². The molecule has 7 heteroatoms. The van der Waals surface area contributed by atoms with E-state index in [4.69, 9.17) is 0 Å². The lowest BCUT2D eigenvalue weighted by atomic mass is 10.2. The molecule has 0 fully saturated rings. The van der Waals surface area contributed by atoms with Gasteiger partial charge in [-0.3, -0.25) is 9.78 Å². The number of pyridine rings is 2. The molecule has 0 saturated carbocycles. The number of thiazole rings is 1. The summed E-state index contributed by atoms with van der Waals surface area (Å²) < 4.78 is 0. The molecule has 0 aromatic carbocycles. The second kappa shape index (κ2) is 6.31. The lowest BCUT2D eigenvalue weighted by molar-refractivity contribution is 0.0943. The fourth-order valence-electron chi connectivity index (χ4n) is 1.86. The van der Waals surface area contributed by atoms with Gasteiger partial charge >= 0.3 is 0 Å². The van der Waals surface area contributed by atoms with Crippen LogP contribution < -0.4 is 5.32 Å². The zero-order chi connectivity index (χ0) is 15.4. The third kappa shape index (κ3) is 3.09. The van der Waals surface area contributed by atoms with Crippen molar-refractivity contribution in [3.63, 3.8) is 0 Å². The Morgan fingerprint density at radius 1 is 1.23 bits per heavy atom. The number of hydrogen-bond donors (Lipinski definition) is 2. The third-order valence-electron chi connectivity index (χ3n) is 2.93. The predicted octanol–water partition coefficient (Wildman–Crippen LogP) is 2.24. The minimum atomic E-state index is -0.432. The number of hydrogen-bond acceptors (Lipinski definition) is 6. The molecular weight excluding hydrogens is 300 g/mol. The second-order valence-corrected chi connectivity index (χ2v) is 5.36. The molecule has 0 spiro atoms. The number of nitrogens with zero attached hydrogens (tertiary/aromatic N) is 3. The summed E-state index contributed by atoms with van der Waals surface area (Å²) in [6.07, 6.45) is 4.87. The van der Waals surface area contributed by atoms with Gasteiger partial charge in [0.1, 0.15) is 10.8 Å². The minimum absolute atomic E-state index is 0.00779. The predicted molar refractivity (Wildman–Crippen MR) is 82.4 cm³/mol. The van der Waals surface area contributed by atoms with Crippen molar-refractivity contribution in [3.05, 3.63) is 58.9 Å². The fourth-order valence-corrected chi connectivity index (χ4v) is 2.60. The van der Waals surface area contributed by atoms with Crippen molar-refractivity contribution in [2.24, 2.45) is 0 Å². The van der Waals surface area contributed by atoms with E-state index in [1.165, 1.54) is 23.6 Å². The van der Waals surface area contributed by atoms with Gasteiger partial charge in [0.25, 0.3) is 5.91 Å². The SMILES string of the molecule is O=C(NCc1nc(-c2ccncc2)cs1)c1ncccc1O. The summed E-state index contributed by atoms with van der Waals surface area (Å²) >= 11 is 1.46. The van der Waals surface area contributed by atoms with Crippen LogP contribution in [0.4, 0.5) is 0 Å². The van der Waals surface area contributed by atoms with E-state index in [1.54, 1.807) is 18.5 Å². The Morgan fingerprint density at radius 2 is 2.05 bits per heavy atom. The Balaban J connectivity index is 1.67. The Labute approximate surface area is 130 Å². The van der Waals surface area contributed by atoms with Gasteiger partial charge in [0, 0.05) is 29.5 Å². The summed E-state index contributed by atoms with van der Waals surface area (Å²) in [5, 5.41) is 15.0. The van der Waals surface area contributed by atoms with E-state index in [0.717, 1.165) is 16.3 Å². The van der Waals surface area contributed by atoms with Crippen LogP contribution in [0.3, 0.4) is 0 Å². The molecule has 0 atom stereocenters. The first-order valence-corrected chi connectivity index (χ1v) is 7.39. The van der Waals surface area contributed by atoms with Gasteiger partial charge in [0.15, 0.2) is 5.69 Å². The maximum Gasteiger partial charge on any atom is 0.274 e. The van der Waals surface area contributed by atoms with E-state index in [1.807, 2.05) is 17.5 Å². The van der Waals surface area contributed by atoms with Gasteiger partial charge < -0.3 is 10.4 Å². The van der Waals surface area contributed by atoms with Crippen LogP contribution in [-0.4, -0.2) is 26.0 Å². The minimum Gasteiger partial charge on any atom is -0.505 e. The smallest absolute Gasteiger partial charge is 0.274 e. The van der Waals surface area contributed by atoms with Crippen molar-refractivity contribution in [1.82, 2.24) is 20.3 Å². The van der Waals surface area contributed by atoms with E-state index < -0.39 is 5.91 Å². The average Bonchev–Trinajstić information content (AvgIpc) is 3.03. The van der Waals surface area contributed by atoms with Gasteiger partial charge in [-0.15, -0.1) is 11.3 Å². The quantitative estimate of drug-likeness (QED) is 0.771. The van der Waals surface area contributed by atoms with Crippen molar-refractivity contribution >= 4 is 17.2 Å². The number of carbonyl (C=O) groups is 1. The lowest BCUT2D eigenvalue weighted by Crippen LogP contribution is -2.23. The van der Waals surface area contributed by atoms with Crippen LogP contribution in [0.2, 0.25) is 0 Å². The van der Waals surface area contributed by atoms with Gasteiger partial charge in [-0.1, -0.05) is 0 Å². The highest BCUT2D eigenvalue weighted by molar-refractivity contribution is 7.09. The number of carbonyl (C=O) groups excluding carboxylic acids is 1. The Kier molecular flexibility index (Phi) is 4.06. The first-order chi connectivity index (χ1) is 10.7. The highest BCUT2D eigenvalue weighted by Crippen LogP contribution is 2.21. The molecule has 3 aromatic heterocycles. The Morgan fingerprint density at radius 3 is 2.82 bits per heavy atom. The summed E-state index contributed by atoms with van der Waals surface area (Å²) in [4.78, 5) is 24.2. The molecule has 1 amide bonds. The van der Waals surface area contributed by atoms with Crippen LogP contribution in [0.5, 0.6) is 5.75 Å². The van der Waals surface area contributed by atoms with E-state index in [2.05, 4.69) is 20.3 Å². The molecule has 3 heterocycles. The monoisotopic (exact) mass is 312 g/mol. The molecule has 3 rings (SSSR count). The highest BCUT2D eigenvalue weighted by atomic mass is 32.1. The van der Waals surface area contributed by atoms with E-state index in [0.29, 0.717) is 0 Å². The average molecular weight is 312 g/mol. The molecule has 22 heavy (non-hydrogen) atoms. The zero-order valence-corrected chi connectivity index (χ0v) is 12.2. The van der Waals surface area contributed by atoms with Crippen LogP contribution in [0.15, 0.2) is 48.2 Å². The summed E-state index contributed by atoms with van der Waals surface area (Å²) in [5.74, 6) is -0.574. The van der Waals surface area contributed by atoms with Crippen molar-refractivity contribution < 1.29 is 9.90 Å². The zero-order valence-electron chi connectivity index (χ0n) is 11.4. The second-order valence-electron chi connectivity index (χ2n) is 4.42. The van der Waals surface area contributed by atoms with Crippen LogP contribution in [-0.2, 0) is 6.54 Å². The summed E-state index contributed by atoms with van der Waals surface area (Å²) in [5.41, 5.74) is 1.83. The van der Waals surface area contributed by atoms with E-state index >= 15 is 0 Å². The molecule has 0 bridgehead atoms. The topological polar surface area (TPSA) is 88.0 Å². The van der Waals surface area contributed by atoms with Gasteiger partial charge in [-0.2, -0.15) is 0 Å². The number of aromatic hydroxyl groups is 1. The number of nitrogens with one attached hydrogen (secondary N) is 1. The summed E-state index contributed by atoms with van der Waals surface area (Å²) in [7, 11) is 0. The number of aromatic nitrogens is 3. The molecule has 0 radical (unpaired) electrons. The first kappa shape index (κ1) is 14.2. The molecule has 2 N–H and O–H groups in total. The van der Waals surface area contributed by atoms with Gasteiger partial charge in [0.2, 0.25) is 0 Å². The largest absolute Gasteiger partial charge is 0.505 e. The molecule has 0 aliphatic rings. The van der Waals surface area contributed by atoms with Crippen molar-refractivity contribution in [3.8, 4) is 17.0 Å². The van der Waals surface area contributed by atoms with E-state index in [9.17, 15) is 9.90 Å². The molecule has 0 saturated heterocycles. The lowest BCUT2D eigenvalue weighted by Gasteiger charge is -2.03. The molecule has 110 valence electrons. The van der Waals surface area contributed by atoms with E-state index in [-0.39, 0.29) is 18.0 Å². The van der Waals surface area contributed by atoms with Gasteiger partial charge in [-0.25, -0.2) is 9.97 Å². The normalized spacial score (nSPS) is 10.4. The maximum absolute atomic E-state index is 12.0. The highest BCUT2D eigenvalue weighted by Gasteiger charge is 2.12. The van der Waals surface area contributed by atoms with Gasteiger partial charge in [0.05, 0.1) is 12.2 Å². The molecule has 3 aromatic rings. The number of amides is 1. The van der Waals surface area contributed by atoms with Crippen LogP contribution in [0.25, 0.3) is 11.3 Å². The first-order valence-electron chi connectivity index (χ1n) is 6.51. The molecule has 0 aliphatic heterocycles. The summed E-state index contributed by atoms with van der Waals surface area (Å²) in [6, 6.07) is 6.74. The number of rotatable bonds is 4. The standard InChI is InChI=1S/C15H12N4O2S/c20-12-2-1-5-17-14(12)15(21)18-8-13-19-11(9-22-13)10-3-6-16-7-4-10/h1-7,9,20H,8H2,(H,18,21). The van der Waals surface area contributed by atoms with Gasteiger partial charge in [-0.05, 0) is 24.3 Å². The van der Waals surface area contributed by atoms with Crippen LogP contribution in [0, 0.1) is 0 Å². The van der Waals surface area contributed by atoms with Crippen LogP contribution in [0.1, 0.15) is 15.5 Å². The Bertz CT molecular complexity index is 789. The Hall–Kier alpha value is -2.80. The molecule has 0 unspecified atom stereocenters.